The van der Waals surface area contributed by atoms with Gasteiger partial charge in [0.1, 0.15) is 0 Å². The van der Waals surface area contributed by atoms with E-state index in [0.717, 1.165) is 40.8 Å². The number of hydrogen-bond acceptors (Lipinski definition) is 4. The van der Waals surface area contributed by atoms with Gasteiger partial charge in [-0.15, -0.1) is 10.2 Å². The minimum atomic E-state index is -4.42. The molecule has 0 unspecified atom stereocenters. The molecule has 0 aliphatic rings. The number of aromatic nitrogens is 3. The van der Waals surface area contributed by atoms with E-state index >= 15 is 0 Å². The molecule has 0 saturated heterocycles. The number of alkyl halides is 3. The molecule has 0 bridgehead atoms. The Labute approximate surface area is 211 Å². The molecule has 186 valence electrons. The van der Waals surface area contributed by atoms with Crippen molar-refractivity contribution < 1.29 is 18.0 Å². The molecule has 0 saturated carbocycles. The van der Waals surface area contributed by atoms with Crippen molar-refractivity contribution >= 4 is 17.7 Å². The lowest BCUT2D eigenvalue weighted by Gasteiger charge is -2.10. The number of halogens is 3. The molecule has 36 heavy (non-hydrogen) atoms. The number of aryl methyl sites for hydroxylation is 1. The zero-order valence-electron chi connectivity index (χ0n) is 19.8. The van der Waals surface area contributed by atoms with Gasteiger partial charge in [0.05, 0.1) is 5.56 Å². The lowest BCUT2D eigenvalue weighted by Crippen LogP contribution is -2.23. The molecule has 0 aliphatic carbocycles. The van der Waals surface area contributed by atoms with Gasteiger partial charge in [-0.2, -0.15) is 13.2 Å². The highest BCUT2D eigenvalue weighted by Crippen LogP contribution is 2.30. The minimum absolute atomic E-state index is 0.00310. The molecule has 0 spiro atoms. The van der Waals surface area contributed by atoms with Crippen molar-refractivity contribution in [3.05, 3.63) is 101 Å². The summed E-state index contributed by atoms with van der Waals surface area (Å²) in [7, 11) is 0. The number of rotatable bonds is 8. The van der Waals surface area contributed by atoms with Crippen LogP contribution in [0, 0.1) is 6.92 Å². The Morgan fingerprint density at radius 3 is 2.42 bits per heavy atom. The molecule has 4 rings (SSSR count). The highest BCUT2D eigenvalue weighted by atomic mass is 32.2. The lowest BCUT2D eigenvalue weighted by atomic mass is 10.1. The number of hydrogen-bond donors (Lipinski definition) is 1. The maximum atomic E-state index is 12.9. The van der Waals surface area contributed by atoms with E-state index in [1.54, 1.807) is 24.3 Å². The summed E-state index contributed by atoms with van der Waals surface area (Å²) < 4.78 is 40.8. The topological polar surface area (TPSA) is 59.8 Å². The van der Waals surface area contributed by atoms with Crippen LogP contribution in [0.2, 0.25) is 0 Å². The van der Waals surface area contributed by atoms with Crippen LogP contribution in [0.4, 0.5) is 13.2 Å². The average Bonchev–Trinajstić information content (AvgIpc) is 3.29. The van der Waals surface area contributed by atoms with E-state index < -0.39 is 11.7 Å². The number of carbonyl (C=O) groups excluding carboxylic acids is 1. The molecule has 1 aromatic heterocycles. The monoisotopic (exact) mass is 510 g/mol. The first kappa shape index (κ1) is 25.5. The summed E-state index contributed by atoms with van der Waals surface area (Å²) in [4.78, 5) is 12.6. The van der Waals surface area contributed by atoms with Crippen LogP contribution < -0.4 is 5.32 Å². The van der Waals surface area contributed by atoms with Gasteiger partial charge in [-0.25, -0.2) is 0 Å². The summed E-state index contributed by atoms with van der Waals surface area (Å²) in [6.07, 6.45) is -4.42. The molecule has 4 aromatic rings. The van der Waals surface area contributed by atoms with Crippen LogP contribution >= 0.6 is 11.8 Å². The normalized spacial score (nSPS) is 11.5. The van der Waals surface area contributed by atoms with E-state index in [9.17, 15) is 18.0 Å². The highest BCUT2D eigenvalue weighted by Gasteiger charge is 2.30. The molecule has 5 nitrogen and oxygen atoms in total. The number of amides is 1. The van der Waals surface area contributed by atoms with Crippen molar-refractivity contribution in [2.75, 3.05) is 0 Å². The largest absolute Gasteiger partial charge is 0.416 e. The SMILES string of the molecule is CCn1c(SCc2cccc(C(=O)NCc3cccc(C(F)(F)F)c3)c2)nnc1-c1ccc(C)cc1. The second kappa shape index (κ2) is 11.0. The quantitative estimate of drug-likeness (QED) is 0.274. The van der Waals surface area contributed by atoms with Crippen molar-refractivity contribution in [1.82, 2.24) is 20.1 Å². The molecule has 0 atom stereocenters. The summed E-state index contributed by atoms with van der Waals surface area (Å²) in [5, 5.41) is 12.2. The van der Waals surface area contributed by atoms with Gasteiger partial charge in [0.2, 0.25) is 0 Å². The van der Waals surface area contributed by atoms with E-state index in [-0.39, 0.29) is 12.5 Å². The Morgan fingerprint density at radius 2 is 1.69 bits per heavy atom. The maximum absolute atomic E-state index is 12.9. The third-order valence-corrected chi connectivity index (χ3v) is 6.65. The molecular weight excluding hydrogens is 485 g/mol. The molecule has 1 amide bonds. The lowest BCUT2D eigenvalue weighted by molar-refractivity contribution is -0.137. The molecule has 0 fully saturated rings. The predicted octanol–water partition coefficient (Wildman–Crippen LogP) is 6.51. The van der Waals surface area contributed by atoms with E-state index in [2.05, 4.69) is 20.1 Å². The molecule has 1 N–H and O–H groups in total. The fourth-order valence-corrected chi connectivity index (χ4v) is 4.63. The molecular formula is C27H25F3N4OS. The van der Waals surface area contributed by atoms with Crippen molar-refractivity contribution in [1.29, 1.82) is 0 Å². The Kier molecular flexibility index (Phi) is 7.79. The van der Waals surface area contributed by atoms with E-state index in [1.807, 2.05) is 44.2 Å². The number of nitrogens with one attached hydrogen (secondary N) is 1. The first-order valence-electron chi connectivity index (χ1n) is 11.4. The Balaban J connectivity index is 1.40. The number of benzene rings is 3. The van der Waals surface area contributed by atoms with Crippen LogP contribution in [0.25, 0.3) is 11.4 Å². The molecule has 0 aliphatic heterocycles. The molecule has 3 aromatic carbocycles. The second-order valence-electron chi connectivity index (χ2n) is 8.29. The van der Waals surface area contributed by atoms with Crippen molar-refractivity contribution in [3.63, 3.8) is 0 Å². The van der Waals surface area contributed by atoms with Gasteiger partial charge in [0, 0.05) is 30.0 Å². The first-order valence-corrected chi connectivity index (χ1v) is 12.4. The van der Waals surface area contributed by atoms with Gasteiger partial charge in [-0.1, -0.05) is 65.9 Å². The summed E-state index contributed by atoms with van der Waals surface area (Å²) in [5.41, 5.74) is 3.19. The number of thioether (sulfide) groups is 1. The van der Waals surface area contributed by atoms with Gasteiger partial charge < -0.3 is 9.88 Å². The van der Waals surface area contributed by atoms with Crippen molar-refractivity contribution in [2.45, 2.75) is 44.0 Å². The Bertz CT molecular complexity index is 1350. The third-order valence-electron chi connectivity index (χ3n) is 5.61. The van der Waals surface area contributed by atoms with Crippen LogP contribution in [0.3, 0.4) is 0 Å². The fraction of sp³-hybridized carbons (Fsp3) is 0.222. The maximum Gasteiger partial charge on any atom is 0.416 e. The van der Waals surface area contributed by atoms with Crippen LogP contribution in [0.1, 0.15) is 39.5 Å². The van der Waals surface area contributed by atoms with Gasteiger partial charge >= 0.3 is 6.18 Å². The summed E-state index contributed by atoms with van der Waals surface area (Å²) in [6.45, 7) is 4.80. The Hall–Kier alpha value is -3.59. The first-order chi connectivity index (χ1) is 17.2. The van der Waals surface area contributed by atoms with Crippen LogP contribution in [0.15, 0.2) is 78.0 Å². The van der Waals surface area contributed by atoms with E-state index in [0.29, 0.717) is 16.9 Å². The fourth-order valence-electron chi connectivity index (χ4n) is 3.69. The molecule has 1 heterocycles. The van der Waals surface area contributed by atoms with Crippen LogP contribution in [-0.4, -0.2) is 20.7 Å². The van der Waals surface area contributed by atoms with Crippen molar-refractivity contribution in [2.24, 2.45) is 0 Å². The zero-order valence-corrected chi connectivity index (χ0v) is 20.7. The smallest absolute Gasteiger partial charge is 0.348 e. The van der Waals surface area contributed by atoms with Crippen LogP contribution in [-0.2, 0) is 25.0 Å². The van der Waals surface area contributed by atoms with Gasteiger partial charge in [-0.05, 0) is 49.2 Å². The summed E-state index contributed by atoms with van der Waals surface area (Å²) >= 11 is 1.53. The second-order valence-corrected chi connectivity index (χ2v) is 9.23. The zero-order chi connectivity index (χ0) is 25.7. The number of carbonyl (C=O) groups is 1. The van der Waals surface area contributed by atoms with Crippen LogP contribution in [0.5, 0.6) is 0 Å². The van der Waals surface area contributed by atoms with Gasteiger partial charge in [-0.3, -0.25) is 4.79 Å². The third kappa shape index (κ3) is 6.15. The van der Waals surface area contributed by atoms with Crippen molar-refractivity contribution in [3.8, 4) is 11.4 Å². The van der Waals surface area contributed by atoms with E-state index in [4.69, 9.17) is 0 Å². The Morgan fingerprint density at radius 1 is 0.972 bits per heavy atom. The van der Waals surface area contributed by atoms with E-state index in [1.165, 1.54) is 23.4 Å². The minimum Gasteiger partial charge on any atom is -0.348 e. The van der Waals surface area contributed by atoms with Gasteiger partial charge in [0.15, 0.2) is 11.0 Å². The summed E-state index contributed by atoms with van der Waals surface area (Å²) in [5.74, 6) is 1.04. The highest BCUT2D eigenvalue weighted by molar-refractivity contribution is 7.98. The number of nitrogens with zero attached hydrogens (tertiary/aromatic N) is 3. The standard InChI is InChI=1S/C27H25F3N4OS/c1-3-34-24(21-12-10-18(2)11-13-21)32-33-26(34)36-17-20-7-4-8-22(14-20)25(35)31-16-19-6-5-9-23(15-19)27(28,29)30/h4-15H,3,16-17H2,1-2H3,(H,31,35). The predicted molar refractivity (Wildman–Crippen MR) is 134 cm³/mol. The average molecular weight is 511 g/mol. The molecule has 9 heteroatoms. The molecule has 0 radical (unpaired) electrons. The van der Waals surface area contributed by atoms with Gasteiger partial charge in [0.25, 0.3) is 5.91 Å². The summed E-state index contributed by atoms with van der Waals surface area (Å²) in [6, 6.07) is 20.3.